The molecule has 100 valence electrons. The van der Waals surface area contributed by atoms with Crippen LogP contribution in [0.3, 0.4) is 0 Å². The highest BCUT2D eigenvalue weighted by molar-refractivity contribution is 9.10. The highest BCUT2D eigenvalue weighted by Gasteiger charge is 2.09. The van der Waals surface area contributed by atoms with Crippen LogP contribution in [0, 0.1) is 6.92 Å². The Morgan fingerprint density at radius 1 is 1.21 bits per heavy atom. The number of nitrogens with zero attached hydrogens (tertiary/aromatic N) is 5. The molecule has 2 aromatic heterocycles. The first-order valence-corrected chi connectivity index (χ1v) is 6.90. The molecule has 0 bridgehead atoms. The third kappa shape index (κ3) is 3.70. The third-order valence-electron chi connectivity index (χ3n) is 2.65. The van der Waals surface area contributed by atoms with Crippen molar-refractivity contribution in [1.29, 1.82) is 0 Å². The number of aromatic nitrogens is 4. The molecular weight excluding hydrogens is 306 g/mol. The van der Waals surface area contributed by atoms with Crippen LogP contribution >= 0.6 is 15.9 Å². The van der Waals surface area contributed by atoms with Crippen LogP contribution in [0.2, 0.25) is 0 Å². The first-order chi connectivity index (χ1) is 9.08. The summed E-state index contributed by atoms with van der Waals surface area (Å²) in [5.41, 5.74) is 2.02. The summed E-state index contributed by atoms with van der Waals surface area (Å²) in [5.74, 6) is 1.46. The first-order valence-electron chi connectivity index (χ1n) is 6.10. The Bertz CT molecular complexity index is 555. The van der Waals surface area contributed by atoms with Crippen LogP contribution in [0.1, 0.15) is 24.1 Å². The summed E-state index contributed by atoms with van der Waals surface area (Å²) >= 11 is 3.32. The molecule has 0 unspecified atom stereocenters. The number of hydrogen-bond acceptors (Lipinski definition) is 5. The third-order valence-corrected chi connectivity index (χ3v) is 3.06. The molecule has 0 aromatic carbocycles. The van der Waals surface area contributed by atoms with Gasteiger partial charge in [-0.1, -0.05) is 6.92 Å². The van der Waals surface area contributed by atoms with Crippen LogP contribution in [0.25, 0.3) is 0 Å². The molecule has 0 aliphatic rings. The Kier molecular flexibility index (Phi) is 4.42. The van der Waals surface area contributed by atoms with Gasteiger partial charge in [-0.05, 0) is 35.3 Å². The van der Waals surface area contributed by atoms with Crippen LogP contribution in [0.4, 0.5) is 5.95 Å². The molecule has 2 heterocycles. The van der Waals surface area contributed by atoms with Gasteiger partial charge < -0.3 is 4.90 Å². The van der Waals surface area contributed by atoms with Crippen LogP contribution in [0.5, 0.6) is 0 Å². The molecule has 0 radical (unpaired) electrons. The van der Waals surface area contributed by atoms with Crippen molar-refractivity contribution >= 4 is 21.9 Å². The van der Waals surface area contributed by atoms with Crippen molar-refractivity contribution in [2.75, 3.05) is 11.9 Å². The molecule has 19 heavy (non-hydrogen) atoms. The van der Waals surface area contributed by atoms with Gasteiger partial charge in [-0.3, -0.25) is 0 Å². The summed E-state index contributed by atoms with van der Waals surface area (Å²) in [6.07, 6.45) is 4.38. The molecule has 2 rings (SSSR count). The van der Waals surface area contributed by atoms with E-state index < -0.39 is 0 Å². The van der Waals surface area contributed by atoms with Gasteiger partial charge in [-0.2, -0.15) is 0 Å². The smallest absolute Gasteiger partial charge is 0.225 e. The van der Waals surface area contributed by atoms with Gasteiger partial charge in [0.05, 0.1) is 11.0 Å². The molecule has 0 saturated carbocycles. The van der Waals surface area contributed by atoms with E-state index in [0.717, 1.165) is 28.1 Å². The Balaban J connectivity index is 2.17. The topological polar surface area (TPSA) is 54.8 Å². The van der Waals surface area contributed by atoms with E-state index in [1.165, 1.54) is 0 Å². The standard InChI is InChI=1S/C13H16BrN5/c1-4-11-5-9(2)17-13(18-11)19(3)8-12-15-6-10(14)7-16-12/h5-7H,4,8H2,1-3H3. The second kappa shape index (κ2) is 6.06. The Labute approximate surface area is 121 Å². The lowest BCUT2D eigenvalue weighted by Gasteiger charge is -2.17. The maximum atomic E-state index is 4.52. The van der Waals surface area contributed by atoms with Crippen molar-refractivity contribution in [3.8, 4) is 0 Å². The van der Waals surface area contributed by atoms with Crippen molar-refractivity contribution < 1.29 is 0 Å². The summed E-state index contributed by atoms with van der Waals surface area (Å²) in [6.45, 7) is 4.65. The Hall–Kier alpha value is -1.56. The fraction of sp³-hybridized carbons (Fsp3) is 0.385. The van der Waals surface area contributed by atoms with E-state index >= 15 is 0 Å². The van der Waals surface area contributed by atoms with E-state index in [4.69, 9.17) is 0 Å². The van der Waals surface area contributed by atoms with Gasteiger partial charge in [0.1, 0.15) is 5.82 Å². The summed E-state index contributed by atoms with van der Waals surface area (Å²) in [5, 5.41) is 0. The maximum absolute atomic E-state index is 4.52. The number of aryl methyl sites for hydroxylation is 2. The maximum Gasteiger partial charge on any atom is 0.225 e. The lowest BCUT2D eigenvalue weighted by atomic mass is 10.3. The van der Waals surface area contributed by atoms with Crippen molar-refractivity contribution in [2.45, 2.75) is 26.8 Å². The Morgan fingerprint density at radius 2 is 1.89 bits per heavy atom. The molecule has 0 aliphatic carbocycles. The second-order valence-electron chi connectivity index (χ2n) is 4.33. The van der Waals surface area contributed by atoms with E-state index in [2.05, 4.69) is 42.8 Å². The summed E-state index contributed by atoms with van der Waals surface area (Å²) < 4.78 is 0.874. The van der Waals surface area contributed by atoms with Gasteiger partial charge in [-0.15, -0.1) is 0 Å². The van der Waals surface area contributed by atoms with Crippen LogP contribution in [0.15, 0.2) is 22.9 Å². The quantitative estimate of drug-likeness (QED) is 0.866. The molecule has 0 aliphatic heterocycles. The van der Waals surface area contributed by atoms with E-state index in [1.807, 2.05) is 24.9 Å². The summed E-state index contributed by atoms with van der Waals surface area (Å²) in [4.78, 5) is 19.4. The molecule has 6 heteroatoms. The first kappa shape index (κ1) is 13.9. The van der Waals surface area contributed by atoms with E-state index in [1.54, 1.807) is 12.4 Å². The highest BCUT2D eigenvalue weighted by Crippen LogP contribution is 2.12. The Morgan fingerprint density at radius 3 is 2.53 bits per heavy atom. The monoisotopic (exact) mass is 321 g/mol. The molecular formula is C13H16BrN5. The largest absolute Gasteiger partial charge is 0.336 e. The molecule has 0 amide bonds. The zero-order chi connectivity index (χ0) is 13.8. The molecule has 0 fully saturated rings. The molecule has 2 aromatic rings. The second-order valence-corrected chi connectivity index (χ2v) is 5.24. The average Bonchev–Trinajstić information content (AvgIpc) is 2.40. The average molecular weight is 322 g/mol. The zero-order valence-electron chi connectivity index (χ0n) is 11.3. The van der Waals surface area contributed by atoms with Crippen LogP contribution in [-0.4, -0.2) is 27.0 Å². The lowest BCUT2D eigenvalue weighted by molar-refractivity contribution is 0.792. The molecule has 5 nitrogen and oxygen atoms in total. The summed E-state index contributed by atoms with van der Waals surface area (Å²) in [7, 11) is 1.94. The van der Waals surface area contributed by atoms with Gasteiger partial charge in [-0.25, -0.2) is 19.9 Å². The predicted molar refractivity (Wildman–Crippen MR) is 78.0 cm³/mol. The van der Waals surface area contributed by atoms with Gasteiger partial charge in [0.25, 0.3) is 0 Å². The fourth-order valence-corrected chi connectivity index (χ4v) is 1.88. The van der Waals surface area contributed by atoms with Crippen molar-refractivity contribution in [3.05, 3.63) is 40.1 Å². The fourth-order valence-electron chi connectivity index (χ4n) is 1.67. The molecule has 0 spiro atoms. The van der Waals surface area contributed by atoms with E-state index in [-0.39, 0.29) is 0 Å². The number of anilines is 1. The SMILES string of the molecule is CCc1cc(C)nc(N(C)Cc2ncc(Br)cn2)n1. The van der Waals surface area contributed by atoms with Gasteiger partial charge in [0, 0.05) is 30.8 Å². The van der Waals surface area contributed by atoms with Crippen molar-refractivity contribution in [3.63, 3.8) is 0 Å². The lowest BCUT2D eigenvalue weighted by Crippen LogP contribution is -2.21. The van der Waals surface area contributed by atoms with Crippen molar-refractivity contribution in [1.82, 2.24) is 19.9 Å². The van der Waals surface area contributed by atoms with Gasteiger partial charge >= 0.3 is 0 Å². The number of halogens is 1. The highest BCUT2D eigenvalue weighted by atomic mass is 79.9. The van der Waals surface area contributed by atoms with Gasteiger partial charge in [0.2, 0.25) is 5.95 Å². The van der Waals surface area contributed by atoms with E-state index in [9.17, 15) is 0 Å². The number of hydrogen-bond donors (Lipinski definition) is 0. The van der Waals surface area contributed by atoms with Crippen LogP contribution in [-0.2, 0) is 13.0 Å². The van der Waals surface area contributed by atoms with Gasteiger partial charge in [0.15, 0.2) is 0 Å². The minimum absolute atomic E-state index is 0.583. The molecule has 0 atom stereocenters. The predicted octanol–water partition coefficient (Wildman–Crippen LogP) is 2.54. The van der Waals surface area contributed by atoms with E-state index in [0.29, 0.717) is 12.5 Å². The summed E-state index contributed by atoms with van der Waals surface area (Å²) in [6, 6.07) is 2.01. The minimum Gasteiger partial charge on any atom is -0.336 e. The van der Waals surface area contributed by atoms with Crippen LogP contribution < -0.4 is 4.90 Å². The molecule has 0 N–H and O–H groups in total. The minimum atomic E-state index is 0.583. The normalized spacial score (nSPS) is 10.5. The zero-order valence-corrected chi connectivity index (χ0v) is 12.8. The number of rotatable bonds is 4. The molecule has 0 saturated heterocycles. The van der Waals surface area contributed by atoms with Crippen molar-refractivity contribution in [2.24, 2.45) is 0 Å².